The number of allylic oxidation sites excluding steroid dienone is 1. The number of hydrogen-bond donors (Lipinski definition) is 0. The highest BCUT2D eigenvalue weighted by Gasteiger charge is 2.20. The molecule has 0 aromatic heterocycles. The lowest BCUT2D eigenvalue weighted by Crippen LogP contribution is -2.31. The molecule has 0 bridgehead atoms. The third kappa shape index (κ3) is 5.50. The second kappa shape index (κ2) is 9.45. The van der Waals surface area contributed by atoms with Crippen LogP contribution < -0.4 is 0 Å². The molecule has 0 spiro atoms. The van der Waals surface area contributed by atoms with Crippen molar-refractivity contribution in [3.8, 4) is 23.0 Å². The van der Waals surface area contributed by atoms with Crippen LogP contribution in [0.2, 0.25) is 0 Å². The summed E-state index contributed by atoms with van der Waals surface area (Å²) in [7, 11) is 0. The molecule has 1 saturated heterocycles. The lowest BCUT2D eigenvalue weighted by atomic mass is 10.0. The number of unbranched alkanes of at least 4 members (excludes halogenated alkanes) is 1. The Morgan fingerprint density at radius 2 is 1.70 bits per heavy atom. The van der Waals surface area contributed by atoms with Crippen molar-refractivity contribution in [3.05, 3.63) is 72.3 Å². The largest absolute Gasteiger partial charge is 0.342 e. The topological polar surface area (TPSA) is 18.5 Å². The van der Waals surface area contributed by atoms with Gasteiger partial charge in [-0.05, 0) is 60.6 Å². The number of hydrogen-bond acceptors (Lipinski definition) is 2. The van der Waals surface area contributed by atoms with Crippen LogP contribution in [0.4, 0.5) is 8.78 Å². The van der Waals surface area contributed by atoms with Gasteiger partial charge in [-0.1, -0.05) is 30.2 Å². The molecule has 1 heterocycles. The molecule has 0 N–H and O–H groups in total. The van der Waals surface area contributed by atoms with E-state index in [9.17, 15) is 8.78 Å². The van der Waals surface area contributed by atoms with Crippen LogP contribution in [0.3, 0.4) is 0 Å². The first-order chi connectivity index (χ1) is 13.2. The summed E-state index contributed by atoms with van der Waals surface area (Å²) in [5.74, 6) is 4.72. The molecule has 0 aliphatic carbocycles. The van der Waals surface area contributed by atoms with Gasteiger partial charge < -0.3 is 9.47 Å². The minimum absolute atomic E-state index is 0.415. The highest BCUT2D eigenvalue weighted by molar-refractivity contribution is 5.64. The van der Waals surface area contributed by atoms with Crippen LogP contribution in [0, 0.1) is 29.4 Å². The predicted molar refractivity (Wildman–Crippen MR) is 102 cm³/mol. The number of halogens is 2. The molecule has 2 nitrogen and oxygen atoms in total. The maximum Gasteiger partial charge on any atom is 0.222 e. The van der Waals surface area contributed by atoms with Crippen LogP contribution in [0.1, 0.15) is 24.8 Å². The maximum atomic E-state index is 13.4. The molecule has 1 aliphatic rings. The normalized spacial score (nSPS) is 19.2. The molecule has 140 valence electrons. The molecule has 4 heteroatoms. The van der Waals surface area contributed by atoms with Crippen LogP contribution in [-0.4, -0.2) is 19.5 Å². The highest BCUT2D eigenvalue weighted by atomic mass is 19.2. The van der Waals surface area contributed by atoms with Gasteiger partial charge in [-0.2, -0.15) is 0 Å². The Bertz CT molecular complexity index is 826. The molecule has 0 unspecified atom stereocenters. The smallest absolute Gasteiger partial charge is 0.222 e. The molecule has 2 aromatic rings. The predicted octanol–water partition coefficient (Wildman–Crippen LogP) is 5.33. The Balaban J connectivity index is 1.55. The van der Waals surface area contributed by atoms with E-state index in [1.54, 1.807) is 6.07 Å². The van der Waals surface area contributed by atoms with Crippen LogP contribution >= 0.6 is 0 Å². The lowest BCUT2D eigenvalue weighted by molar-refractivity contribution is -0.170. The first-order valence-electron chi connectivity index (χ1n) is 9.07. The van der Waals surface area contributed by atoms with E-state index in [4.69, 9.17) is 9.47 Å². The van der Waals surface area contributed by atoms with E-state index in [1.807, 2.05) is 30.3 Å². The van der Waals surface area contributed by atoms with Crippen molar-refractivity contribution in [2.75, 3.05) is 13.2 Å². The third-order valence-electron chi connectivity index (χ3n) is 4.46. The molecule has 2 aromatic carbocycles. The quantitative estimate of drug-likeness (QED) is 0.403. The van der Waals surface area contributed by atoms with E-state index >= 15 is 0 Å². The Labute approximate surface area is 158 Å². The molecule has 0 saturated carbocycles. The molecular weight excluding hydrogens is 346 g/mol. The van der Waals surface area contributed by atoms with E-state index in [0.717, 1.165) is 36.5 Å². The standard InChI is InChI=1S/C23H22F2O2/c1-2-3-4-5-18-15-26-23(27-16-18)13-8-17-6-9-19(10-7-17)20-11-12-21(24)22(25)14-20/h2,6-7,9-12,14,18,23H,1,3-5,15-16H2. The Morgan fingerprint density at radius 3 is 2.37 bits per heavy atom. The molecule has 0 atom stereocenters. The third-order valence-corrected chi connectivity index (χ3v) is 4.46. The summed E-state index contributed by atoms with van der Waals surface area (Å²) >= 11 is 0. The average molecular weight is 368 g/mol. The van der Waals surface area contributed by atoms with Gasteiger partial charge in [0, 0.05) is 11.5 Å². The van der Waals surface area contributed by atoms with Crippen LogP contribution in [0.15, 0.2) is 55.1 Å². The van der Waals surface area contributed by atoms with Crippen molar-refractivity contribution in [3.63, 3.8) is 0 Å². The summed E-state index contributed by atoms with van der Waals surface area (Å²) < 4.78 is 37.7. The minimum Gasteiger partial charge on any atom is -0.342 e. The number of ether oxygens (including phenoxy) is 2. The first-order valence-corrected chi connectivity index (χ1v) is 9.07. The summed E-state index contributed by atoms with van der Waals surface area (Å²) in [6, 6.07) is 11.2. The van der Waals surface area contributed by atoms with Gasteiger partial charge in [0.25, 0.3) is 0 Å². The molecule has 1 fully saturated rings. The summed E-state index contributed by atoms with van der Waals surface area (Å²) in [5.41, 5.74) is 2.23. The number of rotatable bonds is 5. The fourth-order valence-electron chi connectivity index (χ4n) is 2.91. The second-order valence-electron chi connectivity index (χ2n) is 6.56. The second-order valence-corrected chi connectivity index (χ2v) is 6.56. The van der Waals surface area contributed by atoms with Gasteiger partial charge >= 0.3 is 0 Å². The Morgan fingerprint density at radius 1 is 1.00 bits per heavy atom. The van der Waals surface area contributed by atoms with Crippen LogP contribution in [0.5, 0.6) is 0 Å². The molecule has 3 rings (SSSR count). The zero-order valence-corrected chi connectivity index (χ0v) is 15.1. The van der Waals surface area contributed by atoms with E-state index in [1.165, 1.54) is 6.07 Å². The zero-order chi connectivity index (χ0) is 19.1. The summed E-state index contributed by atoms with van der Waals surface area (Å²) in [5, 5.41) is 0. The first kappa shape index (κ1) is 19.3. The van der Waals surface area contributed by atoms with Crippen molar-refractivity contribution in [2.45, 2.75) is 25.6 Å². The molecule has 0 amide bonds. The van der Waals surface area contributed by atoms with Gasteiger partial charge in [0.2, 0.25) is 6.29 Å². The van der Waals surface area contributed by atoms with Crippen molar-refractivity contribution < 1.29 is 18.3 Å². The number of benzene rings is 2. The summed E-state index contributed by atoms with van der Waals surface area (Å²) in [6.45, 7) is 5.04. The van der Waals surface area contributed by atoms with Crippen molar-refractivity contribution >= 4 is 0 Å². The van der Waals surface area contributed by atoms with Crippen molar-refractivity contribution in [1.29, 1.82) is 0 Å². The fraction of sp³-hybridized carbons (Fsp3) is 0.304. The molecule has 27 heavy (non-hydrogen) atoms. The van der Waals surface area contributed by atoms with Crippen molar-refractivity contribution in [2.24, 2.45) is 5.92 Å². The van der Waals surface area contributed by atoms with Crippen molar-refractivity contribution in [1.82, 2.24) is 0 Å². The molecule has 1 aliphatic heterocycles. The zero-order valence-electron chi connectivity index (χ0n) is 15.1. The molecule has 0 radical (unpaired) electrons. The van der Waals surface area contributed by atoms with Crippen LogP contribution in [0.25, 0.3) is 11.1 Å². The maximum absolute atomic E-state index is 13.4. The van der Waals surface area contributed by atoms with E-state index in [2.05, 4.69) is 18.4 Å². The summed E-state index contributed by atoms with van der Waals surface area (Å²) in [6.07, 6.45) is 4.60. The monoisotopic (exact) mass is 368 g/mol. The highest BCUT2D eigenvalue weighted by Crippen LogP contribution is 2.22. The van der Waals surface area contributed by atoms with E-state index in [0.29, 0.717) is 24.7 Å². The SMILES string of the molecule is C=CCCCC1COC(C#Cc2ccc(-c3ccc(F)c(F)c3)cc2)OC1. The van der Waals surface area contributed by atoms with Gasteiger partial charge in [0.05, 0.1) is 13.2 Å². The Hall–Kier alpha value is -2.48. The fourth-order valence-corrected chi connectivity index (χ4v) is 2.91. The van der Waals surface area contributed by atoms with Gasteiger partial charge in [0.15, 0.2) is 11.6 Å². The van der Waals surface area contributed by atoms with E-state index < -0.39 is 17.9 Å². The van der Waals surface area contributed by atoms with Gasteiger partial charge in [0.1, 0.15) is 0 Å². The Kier molecular flexibility index (Phi) is 6.75. The summed E-state index contributed by atoms with van der Waals surface area (Å²) in [4.78, 5) is 0. The average Bonchev–Trinajstić information content (AvgIpc) is 2.70. The van der Waals surface area contributed by atoms with Gasteiger partial charge in [-0.3, -0.25) is 0 Å². The van der Waals surface area contributed by atoms with E-state index in [-0.39, 0.29) is 0 Å². The van der Waals surface area contributed by atoms with Gasteiger partial charge in [-0.15, -0.1) is 6.58 Å². The molecular formula is C23H22F2O2. The van der Waals surface area contributed by atoms with Crippen LogP contribution in [-0.2, 0) is 9.47 Å². The minimum atomic E-state index is -0.856. The lowest BCUT2D eigenvalue weighted by Gasteiger charge is -2.26. The van der Waals surface area contributed by atoms with Gasteiger partial charge in [-0.25, -0.2) is 8.78 Å².